The summed E-state index contributed by atoms with van der Waals surface area (Å²) in [5.74, 6) is 1.10. The Morgan fingerprint density at radius 1 is 1.13 bits per heavy atom. The number of aliphatic hydroxyl groups is 1. The highest BCUT2D eigenvalue weighted by molar-refractivity contribution is 4.96. The third-order valence-corrected chi connectivity index (χ3v) is 4.18. The van der Waals surface area contributed by atoms with Gasteiger partial charge in [0.1, 0.15) is 0 Å². The number of rotatable bonds is 2. The van der Waals surface area contributed by atoms with Crippen LogP contribution in [0.2, 0.25) is 0 Å². The first-order valence-electron chi connectivity index (χ1n) is 6.28. The molecule has 1 saturated heterocycles. The monoisotopic (exact) mass is 212 g/mol. The highest BCUT2D eigenvalue weighted by Crippen LogP contribution is 2.46. The van der Waals surface area contributed by atoms with Crippen molar-refractivity contribution in [3.8, 4) is 0 Å². The maximum atomic E-state index is 9.80. The maximum absolute atomic E-state index is 9.80. The van der Waals surface area contributed by atoms with Gasteiger partial charge in [0, 0.05) is 12.5 Å². The van der Waals surface area contributed by atoms with Gasteiger partial charge in [-0.1, -0.05) is 0 Å². The summed E-state index contributed by atoms with van der Waals surface area (Å²) < 4.78 is 11.6. The Morgan fingerprint density at radius 2 is 2.07 bits per heavy atom. The molecule has 0 aromatic heterocycles. The lowest BCUT2D eigenvalue weighted by atomic mass is 9.95. The molecule has 1 heterocycles. The highest BCUT2D eigenvalue weighted by atomic mass is 16.7. The average molecular weight is 212 g/mol. The fourth-order valence-electron chi connectivity index (χ4n) is 3.42. The molecule has 3 aliphatic rings. The van der Waals surface area contributed by atoms with E-state index in [-0.39, 0.29) is 18.5 Å². The lowest BCUT2D eigenvalue weighted by Crippen LogP contribution is -2.35. The summed E-state index contributed by atoms with van der Waals surface area (Å²) in [7, 11) is 0. The van der Waals surface area contributed by atoms with Crippen LogP contribution in [0.3, 0.4) is 0 Å². The van der Waals surface area contributed by atoms with Crippen molar-refractivity contribution in [2.75, 3.05) is 6.61 Å². The Balaban J connectivity index is 1.55. The molecule has 0 radical (unpaired) electrons. The van der Waals surface area contributed by atoms with Crippen LogP contribution < -0.4 is 0 Å². The summed E-state index contributed by atoms with van der Waals surface area (Å²) in [4.78, 5) is 0. The molecule has 2 saturated carbocycles. The van der Waals surface area contributed by atoms with E-state index in [1.54, 1.807) is 0 Å². The van der Waals surface area contributed by atoms with Crippen molar-refractivity contribution in [3.63, 3.8) is 0 Å². The number of hydrogen-bond acceptors (Lipinski definition) is 3. The van der Waals surface area contributed by atoms with Gasteiger partial charge >= 0.3 is 0 Å². The van der Waals surface area contributed by atoms with Gasteiger partial charge in [-0.15, -0.1) is 0 Å². The van der Waals surface area contributed by atoms with Crippen molar-refractivity contribution in [1.29, 1.82) is 0 Å². The first kappa shape index (κ1) is 10.1. The Bertz CT molecular complexity index is 225. The lowest BCUT2D eigenvalue weighted by Gasteiger charge is -2.31. The van der Waals surface area contributed by atoms with E-state index in [4.69, 9.17) is 9.47 Å². The predicted molar refractivity (Wildman–Crippen MR) is 55.3 cm³/mol. The molecule has 3 fully saturated rings. The van der Waals surface area contributed by atoms with Crippen molar-refractivity contribution >= 4 is 0 Å². The van der Waals surface area contributed by atoms with E-state index in [0.717, 1.165) is 25.9 Å². The normalized spacial score (nSPS) is 49.8. The van der Waals surface area contributed by atoms with Crippen LogP contribution in [0.5, 0.6) is 0 Å². The summed E-state index contributed by atoms with van der Waals surface area (Å²) in [5.41, 5.74) is 0. The fourth-order valence-corrected chi connectivity index (χ4v) is 3.42. The minimum absolute atomic E-state index is 0.00954. The topological polar surface area (TPSA) is 38.7 Å². The minimum Gasteiger partial charge on any atom is -0.393 e. The summed E-state index contributed by atoms with van der Waals surface area (Å²) in [6, 6.07) is 0. The molecule has 1 unspecified atom stereocenters. The van der Waals surface area contributed by atoms with E-state index in [9.17, 15) is 5.11 Å². The van der Waals surface area contributed by atoms with Crippen LogP contribution >= 0.6 is 0 Å². The van der Waals surface area contributed by atoms with Crippen LogP contribution in [0.4, 0.5) is 0 Å². The zero-order chi connectivity index (χ0) is 10.3. The molecule has 1 aliphatic heterocycles. The molecule has 3 nitrogen and oxygen atoms in total. The summed E-state index contributed by atoms with van der Waals surface area (Å²) in [6.45, 7) is 0.841. The van der Waals surface area contributed by atoms with Crippen LogP contribution in [-0.2, 0) is 9.47 Å². The van der Waals surface area contributed by atoms with Crippen molar-refractivity contribution < 1.29 is 14.6 Å². The van der Waals surface area contributed by atoms with Crippen molar-refractivity contribution in [2.45, 2.75) is 57.0 Å². The van der Waals surface area contributed by atoms with Crippen LogP contribution in [-0.4, -0.2) is 30.2 Å². The van der Waals surface area contributed by atoms with Gasteiger partial charge in [0.2, 0.25) is 0 Å². The Morgan fingerprint density at radius 3 is 2.73 bits per heavy atom. The summed E-state index contributed by atoms with van der Waals surface area (Å²) >= 11 is 0. The second-order valence-corrected chi connectivity index (χ2v) is 5.28. The first-order valence-corrected chi connectivity index (χ1v) is 6.28. The van der Waals surface area contributed by atoms with Gasteiger partial charge < -0.3 is 14.6 Å². The molecule has 0 spiro atoms. The van der Waals surface area contributed by atoms with E-state index in [0.29, 0.717) is 11.8 Å². The molecule has 86 valence electrons. The molecule has 5 atom stereocenters. The largest absolute Gasteiger partial charge is 0.393 e. The zero-order valence-corrected chi connectivity index (χ0v) is 9.10. The molecule has 0 aromatic carbocycles. The maximum Gasteiger partial charge on any atom is 0.157 e. The van der Waals surface area contributed by atoms with Crippen LogP contribution in [0, 0.1) is 11.8 Å². The van der Waals surface area contributed by atoms with Crippen molar-refractivity contribution in [1.82, 2.24) is 0 Å². The highest BCUT2D eigenvalue weighted by Gasteiger charge is 2.47. The second-order valence-electron chi connectivity index (χ2n) is 5.28. The van der Waals surface area contributed by atoms with Gasteiger partial charge in [-0.25, -0.2) is 0 Å². The van der Waals surface area contributed by atoms with Gasteiger partial charge in [0.15, 0.2) is 6.29 Å². The molecule has 2 bridgehead atoms. The predicted octanol–water partition coefficient (Wildman–Crippen LogP) is 1.69. The van der Waals surface area contributed by atoms with Crippen LogP contribution in [0.1, 0.15) is 38.5 Å². The van der Waals surface area contributed by atoms with E-state index in [2.05, 4.69) is 0 Å². The molecule has 0 aromatic rings. The molecular weight excluding hydrogens is 192 g/mol. The van der Waals surface area contributed by atoms with Gasteiger partial charge in [-0.2, -0.15) is 0 Å². The zero-order valence-electron chi connectivity index (χ0n) is 9.10. The first-order chi connectivity index (χ1) is 7.33. The van der Waals surface area contributed by atoms with E-state index in [1.807, 2.05) is 0 Å². The van der Waals surface area contributed by atoms with E-state index in [1.165, 1.54) is 19.3 Å². The fraction of sp³-hybridized carbons (Fsp3) is 1.00. The Kier molecular flexibility index (Phi) is 2.71. The molecule has 3 rings (SSSR count). The summed E-state index contributed by atoms with van der Waals surface area (Å²) in [6.07, 6.45) is 6.88. The number of aliphatic hydroxyl groups excluding tert-OH is 1. The van der Waals surface area contributed by atoms with Gasteiger partial charge in [-0.3, -0.25) is 0 Å². The Hall–Kier alpha value is -0.120. The van der Waals surface area contributed by atoms with Crippen molar-refractivity contribution in [3.05, 3.63) is 0 Å². The SMILES string of the molecule is O[C@@H]1C[C@H]2C[C@@H]1[C@H](OC1CCCCO1)C2. The third kappa shape index (κ3) is 1.93. The molecule has 3 heteroatoms. The minimum atomic E-state index is -0.114. The van der Waals surface area contributed by atoms with Gasteiger partial charge in [0.25, 0.3) is 0 Å². The molecule has 1 N–H and O–H groups in total. The van der Waals surface area contributed by atoms with Crippen molar-refractivity contribution in [2.24, 2.45) is 11.8 Å². The molecular formula is C12H20O3. The van der Waals surface area contributed by atoms with Gasteiger partial charge in [-0.05, 0) is 44.4 Å². The van der Waals surface area contributed by atoms with E-state index < -0.39 is 0 Å². The van der Waals surface area contributed by atoms with Crippen LogP contribution in [0.25, 0.3) is 0 Å². The average Bonchev–Trinajstić information content (AvgIpc) is 2.77. The molecule has 2 aliphatic carbocycles. The third-order valence-electron chi connectivity index (χ3n) is 4.18. The molecule has 15 heavy (non-hydrogen) atoms. The smallest absolute Gasteiger partial charge is 0.157 e. The lowest BCUT2D eigenvalue weighted by molar-refractivity contribution is -0.203. The van der Waals surface area contributed by atoms with E-state index >= 15 is 0 Å². The van der Waals surface area contributed by atoms with Gasteiger partial charge in [0.05, 0.1) is 12.2 Å². The quantitative estimate of drug-likeness (QED) is 0.757. The Labute approximate surface area is 90.8 Å². The molecule has 0 amide bonds. The standard InChI is InChI=1S/C12H20O3/c13-10-6-8-5-9(10)11(7-8)15-12-3-1-2-4-14-12/h8-13H,1-7H2/t8-,9+,10-,11-,12?/m1/s1. The summed E-state index contributed by atoms with van der Waals surface area (Å²) in [5, 5.41) is 9.80. The van der Waals surface area contributed by atoms with Crippen LogP contribution in [0.15, 0.2) is 0 Å². The number of hydrogen-bond donors (Lipinski definition) is 1. The second kappa shape index (κ2) is 4.04. The number of ether oxygens (including phenoxy) is 2. The number of fused-ring (bicyclic) bond motifs is 2.